The van der Waals surface area contributed by atoms with Crippen LogP contribution in [0.1, 0.15) is 11.4 Å². The van der Waals surface area contributed by atoms with Crippen LogP contribution in [0.5, 0.6) is 0 Å². The molecule has 0 spiro atoms. The fourth-order valence-electron chi connectivity index (χ4n) is 1.28. The van der Waals surface area contributed by atoms with Crippen LogP contribution < -0.4 is 0 Å². The highest BCUT2D eigenvalue weighted by Gasteiger charge is 2.10. The van der Waals surface area contributed by atoms with Gasteiger partial charge in [-0.25, -0.2) is 0 Å². The standard InChI is InChI=1S/C10H8Cl2N2O/c1-6-4-7(12)2-3-8(6)10-13-9(5-11)14-15-10/h2-4H,5H2,1H3. The number of hydrogen-bond acceptors (Lipinski definition) is 3. The molecule has 1 heterocycles. The molecule has 0 saturated heterocycles. The van der Waals surface area contributed by atoms with Crippen molar-refractivity contribution in [2.45, 2.75) is 12.8 Å². The second kappa shape index (κ2) is 4.21. The van der Waals surface area contributed by atoms with Gasteiger partial charge in [-0.2, -0.15) is 4.98 Å². The SMILES string of the molecule is Cc1cc(Cl)ccc1-c1nc(CCl)no1. The third-order valence-corrected chi connectivity index (χ3v) is 2.48. The van der Waals surface area contributed by atoms with Crippen molar-refractivity contribution < 1.29 is 4.52 Å². The first-order valence-corrected chi connectivity index (χ1v) is 5.27. The van der Waals surface area contributed by atoms with Crippen LogP contribution in [0.15, 0.2) is 22.7 Å². The van der Waals surface area contributed by atoms with E-state index in [-0.39, 0.29) is 5.88 Å². The topological polar surface area (TPSA) is 38.9 Å². The van der Waals surface area contributed by atoms with Gasteiger partial charge in [0.25, 0.3) is 5.89 Å². The lowest BCUT2D eigenvalue weighted by molar-refractivity contribution is 0.425. The van der Waals surface area contributed by atoms with Crippen LogP contribution in [0.3, 0.4) is 0 Å². The van der Waals surface area contributed by atoms with E-state index in [1.54, 1.807) is 6.07 Å². The molecule has 0 fully saturated rings. The predicted molar refractivity (Wildman–Crippen MR) is 59.0 cm³/mol. The van der Waals surface area contributed by atoms with Gasteiger partial charge in [0.2, 0.25) is 0 Å². The van der Waals surface area contributed by atoms with E-state index in [9.17, 15) is 0 Å². The normalized spacial score (nSPS) is 10.6. The monoisotopic (exact) mass is 242 g/mol. The van der Waals surface area contributed by atoms with E-state index in [0.717, 1.165) is 11.1 Å². The largest absolute Gasteiger partial charge is 0.334 e. The highest BCUT2D eigenvalue weighted by atomic mass is 35.5. The van der Waals surface area contributed by atoms with Crippen LogP contribution in [0.4, 0.5) is 0 Å². The fraction of sp³-hybridized carbons (Fsp3) is 0.200. The minimum absolute atomic E-state index is 0.246. The lowest BCUT2D eigenvalue weighted by Gasteiger charge is -1.99. The van der Waals surface area contributed by atoms with Crippen molar-refractivity contribution in [3.63, 3.8) is 0 Å². The second-order valence-electron chi connectivity index (χ2n) is 3.11. The molecule has 2 aromatic rings. The van der Waals surface area contributed by atoms with Crippen molar-refractivity contribution in [2.75, 3.05) is 0 Å². The van der Waals surface area contributed by atoms with Gasteiger partial charge in [0.15, 0.2) is 5.82 Å². The van der Waals surface area contributed by atoms with Crippen LogP contribution in [-0.4, -0.2) is 10.1 Å². The summed E-state index contributed by atoms with van der Waals surface area (Å²) in [4.78, 5) is 4.14. The molecule has 0 N–H and O–H groups in total. The molecular weight excluding hydrogens is 235 g/mol. The Morgan fingerprint density at radius 2 is 2.20 bits per heavy atom. The Kier molecular flexibility index (Phi) is 2.93. The van der Waals surface area contributed by atoms with Crippen molar-refractivity contribution >= 4 is 23.2 Å². The Balaban J connectivity index is 2.44. The molecular formula is C10H8Cl2N2O. The molecule has 0 radical (unpaired) electrons. The molecule has 0 bridgehead atoms. The van der Waals surface area contributed by atoms with Crippen LogP contribution in [0, 0.1) is 6.92 Å². The van der Waals surface area contributed by atoms with Crippen LogP contribution in [0.2, 0.25) is 5.02 Å². The summed E-state index contributed by atoms with van der Waals surface area (Å²) in [5, 5.41) is 4.41. The van der Waals surface area contributed by atoms with Gasteiger partial charge in [-0.15, -0.1) is 11.6 Å². The molecule has 0 aliphatic carbocycles. The summed E-state index contributed by atoms with van der Waals surface area (Å²) in [6.07, 6.45) is 0. The summed E-state index contributed by atoms with van der Waals surface area (Å²) in [6.45, 7) is 1.94. The summed E-state index contributed by atoms with van der Waals surface area (Å²) in [5.74, 6) is 1.21. The van der Waals surface area contributed by atoms with E-state index in [2.05, 4.69) is 10.1 Å². The van der Waals surface area contributed by atoms with E-state index in [1.807, 2.05) is 19.1 Å². The molecule has 15 heavy (non-hydrogen) atoms. The Hall–Kier alpha value is -1.06. The minimum Gasteiger partial charge on any atom is -0.334 e. The first-order valence-electron chi connectivity index (χ1n) is 4.36. The molecule has 1 aromatic heterocycles. The van der Waals surface area contributed by atoms with Gasteiger partial charge >= 0.3 is 0 Å². The van der Waals surface area contributed by atoms with Crippen LogP contribution >= 0.6 is 23.2 Å². The highest BCUT2D eigenvalue weighted by Crippen LogP contribution is 2.24. The number of halogens is 2. The van der Waals surface area contributed by atoms with Crippen molar-refractivity contribution in [3.05, 3.63) is 34.6 Å². The Morgan fingerprint density at radius 3 is 2.80 bits per heavy atom. The number of aromatic nitrogens is 2. The minimum atomic E-state index is 0.246. The molecule has 0 saturated carbocycles. The summed E-state index contributed by atoms with van der Waals surface area (Å²) in [5.41, 5.74) is 1.87. The third-order valence-electron chi connectivity index (χ3n) is 2.01. The first-order chi connectivity index (χ1) is 7.20. The third kappa shape index (κ3) is 2.13. The maximum absolute atomic E-state index is 5.85. The van der Waals surface area contributed by atoms with Crippen molar-refractivity contribution in [3.8, 4) is 11.5 Å². The zero-order valence-corrected chi connectivity index (χ0v) is 9.51. The van der Waals surface area contributed by atoms with Gasteiger partial charge in [0, 0.05) is 10.6 Å². The molecule has 0 unspecified atom stereocenters. The quantitative estimate of drug-likeness (QED) is 0.758. The average molecular weight is 243 g/mol. The molecule has 3 nitrogen and oxygen atoms in total. The predicted octanol–water partition coefficient (Wildman–Crippen LogP) is 3.44. The molecule has 1 aromatic carbocycles. The van der Waals surface area contributed by atoms with E-state index in [0.29, 0.717) is 16.7 Å². The number of alkyl halides is 1. The molecule has 0 aliphatic heterocycles. The van der Waals surface area contributed by atoms with Crippen molar-refractivity contribution in [2.24, 2.45) is 0 Å². The molecule has 5 heteroatoms. The Bertz CT molecular complexity index is 482. The number of hydrogen-bond donors (Lipinski definition) is 0. The zero-order valence-electron chi connectivity index (χ0n) is 8.00. The lowest BCUT2D eigenvalue weighted by Crippen LogP contribution is -1.84. The van der Waals surface area contributed by atoms with Gasteiger partial charge in [-0.1, -0.05) is 16.8 Å². The van der Waals surface area contributed by atoms with Gasteiger partial charge in [0.05, 0.1) is 5.88 Å². The van der Waals surface area contributed by atoms with Gasteiger partial charge in [-0.05, 0) is 30.7 Å². The van der Waals surface area contributed by atoms with Crippen molar-refractivity contribution in [1.82, 2.24) is 10.1 Å². The average Bonchev–Trinajstić information content (AvgIpc) is 2.66. The number of nitrogens with zero attached hydrogens (tertiary/aromatic N) is 2. The van der Waals surface area contributed by atoms with Crippen molar-refractivity contribution in [1.29, 1.82) is 0 Å². The van der Waals surface area contributed by atoms with Gasteiger partial charge < -0.3 is 4.52 Å². The van der Waals surface area contributed by atoms with E-state index < -0.39 is 0 Å². The Labute approximate surface area is 97.0 Å². The number of benzene rings is 1. The second-order valence-corrected chi connectivity index (χ2v) is 3.81. The lowest BCUT2D eigenvalue weighted by atomic mass is 10.1. The van der Waals surface area contributed by atoms with Gasteiger partial charge in [-0.3, -0.25) is 0 Å². The highest BCUT2D eigenvalue weighted by molar-refractivity contribution is 6.30. The number of aryl methyl sites for hydroxylation is 1. The molecule has 78 valence electrons. The first kappa shape index (κ1) is 10.5. The molecule has 0 atom stereocenters. The zero-order chi connectivity index (χ0) is 10.8. The summed E-state index contributed by atoms with van der Waals surface area (Å²) in [6, 6.07) is 5.49. The summed E-state index contributed by atoms with van der Waals surface area (Å²) in [7, 11) is 0. The van der Waals surface area contributed by atoms with Crippen LogP contribution in [-0.2, 0) is 5.88 Å². The van der Waals surface area contributed by atoms with E-state index in [4.69, 9.17) is 27.7 Å². The summed E-state index contributed by atoms with van der Waals surface area (Å²) < 4.78 is 5.07. The van der Waals surface area contributed by atoms with E-state index in [1.165, 1.54) is 0 Å². The van der Waals surface area contributed by atoms with Gasteiger partial charge in [0.1, 0.15) is 0 Å². The van der Waals surface area contributed by atoms with Crippen LogP contribution in [0.25, 0.3) is 11.5 Å². The fourth-order valence-corrected chi connectivity index (χ4v) is 1.62. The molecule has 0 amide bonds. The van der Waals surface area contributed by atoms with E-state index >= 15 is 0 Å². The summed E-state index contributed by atoms with van der Waals surface area (Å²) >= 11 is 11.4. The Morgan fingerprint density at radius 1 is 1.40 bits per heavy atom. The maximum Gasteiger partial charge on any atom is 0.258 e. The smallest absolute Gasteiger partial charge is 0.258 e. The molecule has 0 aliphatic rings. The maximum atomic E-state index is 5.85. The number of rotatable bonds is 2. The molecule has 2 rings (SSSR count).